The second-order valence-corrected chi connectivity index (χ2v) is 7.77. The van der Waals surface area contributed by atoms with Crippen LogP contribution in [0.5, 0.6) is 0 Å². The van der Waals surface area contributed by atoms with E-state index in [1.165, 1.54) is 14.0 Å². The molecule has 1 atom stereocenters. The average molecular weight is 485 g/mol. The minimum absolute atomic E-state index is 0.177. The summed E-state index contributed by atoms with van der Waals surface area (Å²) >= 11 is 0. The van der Waals surface area contributed by atoms with Crippen LogP contribution in [0.15, 0.2) is 4.76 Å². The number of nitrogens with two attached hydrogens (primary N) is 1. The molecule has 1 unspecified atom stereocenters. The van der Waals surface area contributed by atoms with Crippen molar-refractivity contribution in [1.82, 2.24) is 4.90 Å². The summed E-state index contributed by atoms with van der Waals surface area (Å²) in [5.74, 6) is -1.63. The summed E-state index contributed by atoms with van der Waals surface area (Å²) in [7, 11) is -2.98. The van der Waals surface area contributed by atoms with Gasteiger partial charge in [-0.1, -0.05) is 13.8 Å². The van der Waals surface area contributed by atoms with Crippen LogP contribution in [0.1, 0.15) is 33.6 Å². The normalized spacial score (nSPS) is 12.6. The molecule has 0 aromatic carbocycles. The van der Waals surface area contributed by atoms with Crippen molar-refractivity contribution in [1.29, 1.82) is 0 Å². The lowest BCUT2D eigenvalue weighted by atomic mass is 10.3. The van der Waals surface area contributed by atoms with Gasteiger partial charge in [0.1, 0.15) is 19.3 Å². The smallest absolute Gasteiger partial charge is 0.480 e. The molecule has 0 aromatic heterocycles. The SMILES string of the molecule is CCCOC(=O)OCCOP(=O)(N=C(N)N(C)C(C)C(=O)O)OCCOC(=O)OCCC. The van der Waals surface area contributed by atoms with Gasteiger partial charge in [0.2, 0.25) is 5.96 Å². The van der Waals surface area contributed by atoms with Crippen LogP contribution in [0.25, 0.3) is 0 Å². The Balaban J connectivity index is 4.98. The largest absolute Gasteiger partial charge is 0.508 e. The van der Waals surface area contributed by atoms with Crippen LogP contribution in [-0.2, 0) is 37.4 Å². The fraction of sp³-hybridized carbons (Fsp3) is 0.765. The van der Waals surface area contributed by atoms with Crippen LogP contribution >= 0.6 is 7.75 Å². The van der Waals surface area contributed by atoms with E-state index >= 15 is 0 Å². The number of nitrogens with zero attached hydrogens (tertiary/aromatic N) is 2. The molecular formula is C17H32N3O11P. The van der Waals surface area contributed by atoms with Crippen LogP contribution < -0.4 is 5.73 Å². The van der Waals surface area contributed by atoms with E-state index in [2.05, 4.69) is 4.76 Å². The maximum atomic E-state index is 12.9. The molecule has 0 radical (unpaired) electrons. The van der Waals surface area contributed by atoms with Crippen molar-refractivity contribution in [3.63, 3.8) is 0 Å². The van der Waals surface area contributed by atoms with Gasteiger partial charge in [0, 0.05) is 7.05 Å². The van der Waals surface area contributed by atoms with Gasteiger partial charge >= 0.3 is 26.0 Å². The molecule has 3 N–H and O–H groups in total. The molecule has 186 valence electrons. The standard InChI is InChI=1S/C17H32N3O11P/c1-5-7-26-16(23)28-9-11-30-32(25,19-15(18)20(4)13(3)14(21)22)31-12-10-29-17(24)27-8-6-2/h13H,5-12H2,1-4H3,(H,21,22)(H2,18,19,25). The first kappa shape index (κ1) is 29.4. The zero-order valence-electron chi connectivity index (χ0n) is 18.7. The molecule has 0 aliphatic carbocycles. The molecule has 14 nitrogen and oxygen atoms in total. The highest BCUT2D eigenvalue weighted by molar-refractivity contribution is 7.52. The topological polar surface area (TPSA) is 186 Å². The Hall–Kier alpha value is -2.57. The Bertz CT molecular complexity index is 642. The number of aliphatic carboxylic acids is 1. The lowest BCUT2D eigenvalue weighted by Crippen LogP contribution is -2.44. The van der Waals surface area contributed by atoms with Crippen LogP contribution in [0.3, 0.4) is 0 Å². The van der Waals surface area contributed by atoms with Gasteiger partial charge in [0.05, 0.1) is 26.4 Å². The first-order valence-corrected chi connectivity index (χ1v) is 11.3. The maximum Gasteiger partial charge on any atom is 0.508 e. The van der Waals surface area contributed by atoms with Crippen LogP contribution in [0, 0.1) is 0 Å². The molecule has 0 aliphatic rings. The molecule has 0 aliphatic heterocycles. The fourth-order valence-corrected chi connectivity index (χ4v) is 2.86. The fourth-order valence-electron chi connectivity index (χ4n) is 1.66. The number of hydrogen-bond acceptors (Lipinski definition) is 10. The van der Waals surface area contributed by atoms with Gasteiger partial charge < -0.3 is 34.7 Å². The monoisotopic (exact) mass is 485 g/mol. The summed E-state index contributed by atoms with van der Waals surface area (Å²) < 4.78 is 45.7. The van der Waals surface area contributed by atoms with Gasteiger partial charge in [-0.05, 0) is 19.8 Å². The molecule has 0 bridgehead atoms. The minimum Gasteiger partial charge on any atom is -0.480 e. The third kappa shape index (κ3) is 13.0. The number of guanidine groups is 1. The molecule has 0 saturated carbocycles. The van der Waals surface area contributed by atoms with E-state index in [9.17, 15) is 18.9 Å². The number of carbonyl (C=O) groups is 3. The Kier molecular flexibility index (Phi) is 14.8. The Morgan fingerprint density at radius 2 is 1.31 bits per heavy atom. The molecular weight excluding hydrogens is 453 g/mol. The number of hydrogen-bond donors (Lipinski definition) is 2. The quantitative estimate of drug-likeness (QED) is 0.113. The van der Waals surface area contributed by atoms with Crippen molar-refractivity contribution < 1.29 is 52.1 Å². The predicted octanol–water partition coefficient (Wildman–Crippen LogP) is 1.97. The van der Waals surface area contributed by atoms with Crippen molar-refractivity contribution in [2.75, 3.05) is 46.7 Å². The first-order chi connectivity index (χ1) is 15.1. The summed E-state index contributed by atoms with van der Waals surface area (Å²) in [6, 6.07) is -1.08. The second-order valence-electron chi connectivity index (χ2n) is 6.11. The van der Waals surface area contributed by atoms with Crippen molar-refractivity contribution >= 4 is 32.0 Å². The van der Waals surface area contributed by atoms with E-state index < -0.39 is 51.2 Å². The van der Waals surface area contributed by atoms with Gasteiger partial charge in [-0.3, -0.25) is 9.05 Å². The highest BCUT2D eigenvalue weighted by atomic mass is 31.2. The molecule has 0 heterocycles. The van der Waals surface area contributed by atoms with E-state index in [-0.39, 0.29) is 26.4 Å². The van der Waals surface area contributed by atoms with Gasteiger partial charge in [0.25, 0.3) is 0 Å². The van der Waals surface area contributed by atoms with Gasteiger partial charge in [-0.15, -0.1) is 4.76 Å². The molecule has 32 heavy (non-hydrogen) atoms. The number of rotatable bonds is 15. The molecule has 0 spiro atoms. The lowest BCUT2D eigenvalue weighted by Gasteiger charge is -2.23. The highest BCUT2D eigenvalue weighted by Crippen LogP contribution is 2.49. The Labute approximate surface area is 186 Å². The maximum absolute atomic E-state index is 12.9. The van der Waals surface area contributed by atoms with E-state index in [4.69, 9.17) is 38.8 Å². The van der Waals surface area contributed by atoms with Crippen molar-refractivity contribution in [3.05, 3.63) is 0 Å². The number of carboxylic acid groups (broad SMARTS) is 1. The molecule has 0 aromatic rings. The zero-order chi connectivity index (χ0) is 24.6. The van der Waals surface area contributed by atoms with Gasteiger partial charge in [-0.25, -0.2) is 18.9 Å². The first-order valence-electron chi connectivity index (χ1n) is 9.85. The molecule has 0 fully saturated rings. The van der Waals surface area contributed by atoms with Gasteiger partial charge in [0.15, 0.2) is 0 Å². The minimum atomic E-state index is -4.30. The van der Waals surface area contributed by atoms with E-state index in [0.717, 1.165) is 4.90 Å². The predicted molar refractivity (Wildman–Crippen MR) is 111 cm³/mol. The van der Waals surface area contributed by atoms with Gasteiger partial charge in [-0.2, -0.15) is 0 Å². The molecule has 0 saturated heterocycles. The highest BCUT2D eigenvalue weighted by Gasteiger charge is 2.28. The number of ether oxygens (including phenoxy) is 4. The third-order valence-electron chi connectivity index (χ3n) is 3.49. The van der Waals surface area contributed by atoms with E-state index in [1.54, 1.807) is 0 Å². The summed E-state index contributed by atoms with van der Waals surface area (Å²) in [5, 5.41) is 9.07. The summed E-state index contributed by atoms with van der Waals surface area (Å²) in [6.45, 7) is 3.86. The molecule has 15 heteroatoms. The van der Waals surface area contributed by atoms with Crippen LogP contribution in [0.2, 0.25) is 0 Å². The number of carboxylic acids is 1. The van der Waals surface area contributed by atoms with Crippen LogP contribution in [-0.4, -0.2) is 87.0 Å². The Morgan fingerprint density at radius 1 is 0.906 bits per heavy atom. The Morgan fingerprint density at radius 3 is 1.69 bits per heavy atom. The summed E-state index contributed by atoms with van der Waals surface area (Å²) in [6.07, 6.45) is -0.635. The van der Waals surface area contributed by atoms with Crippen molar-refractivity contribution in [2.45, 2.75) is 39.7 Å². The van der Waals surface area contributed by atoms with E-state index in [1.807, 2.05) is 13.8 Å². The van der Waals surface area contributed by atoms with Crippen molar-refractivity contribution in [2.24, 2.45) is 10.5 Å². The summed E-state index contributed by atoms with van der Waals surface area (Å²) in [5.41, 5.74) is 5.73. The van der Waals surface area contributed by atoms with Crippen LogP contribution in [0.4, 0.5) is 9.59 Å². The van der Waals surface area contributed by atoms with E-state index in [0.29, 0.717) is 12.8 Å². The average Bonchev–Trinajstić information content (AvgIpc) is 2.75. The molecule has 0 amide bonds. The number of likely N-dealkylation sites (N-methyl/N-ethyl adjacent to an activating group) is 1. The third-order valence-corrected chi connectivity index (χ3v) is 4.96. The molecule has 0 rings (SSSR count). The number of carbonyl (C=O) groups excluding carboxylic acids is 2. The second kappa shape index (κ2) is 16.1. The summed E-state index contributed by atoms with van der Waals surface area (Å²) in [4.78, 5) is 34.8. The zero-order valence-corrected chi connectivity index (χ0v) is 19.6. The lowest BCUT2D eigenvalue weighted by molar-refractivity contribution is -0.140. The van der Waals surface area contributed by atoms with Crippen molar-refractivity contribution in [3.8, 4) is 0 Å².